The summed E-state index contributed by atoms with van der Waals surface area (Å²) in [7, 11) is 0. The quantitative estimate of drug-likeness (QED) is 0.838. The normalized spacial score (nSPS) is 12.2. The highest BCUT2D eigenvalue weighted by Gasteiger charge is 2.09. The molecule has 88 valence electrons. The van der Waals surface area contributed by atoms with Crippen molar-refractivity contribution in [3.05, 3.63) is 27.3 Å². The van der Waals surface area contributed by atoms with Crippen molar-refractivity contribution in [1.29, 1.82) is 0 Å². The number of ether oxygens (including phenoxy) is 1. The third kappa shape index (κ3) is 3.66. The first-order valence-electron chi connectivity index (χ1n) is 5.24. The molecule has 0 bridgehead atoms. The molecular weight excluding hydrogens is 319 g/mol. The molecule has 0 saturated carbocycles. The van der Waals surface area contributed by atoms with E-state index in [0.717, 1.165) is 22.2 Å². The lowest BCUT2D eigenvalue weighted by atomic mass is 10.2. The second-order valence-electron chi connectivity index (χ2n) is 3.67. The first-order chi connectivity index (χ1) is 7.54. The summed E-state index contributed by atoms with van der Waals surface area (Å²) in [6.07, 6.45) is 2.23. The molecule has 1 aromatic carbocycles. The van der Waals surface area contributed by atoms with Gasteiger partial charge >= 0.3 is 5.97 Å². The lowest BCUT2D eigenvalue weighted by Gasteiger charge is -2.15. The van der Waals surface area contributed by atoms with Gasteiger partial charge in [0, 0.05) is 0 Å². The summed E-state index contributed by atoms with van der Waals surface area (Å²) in [6.45, 7) is 4.13. The zero-order chi connectivity index (χ0) is 12.1. The van der Waals surface area contributed by atoms with Crippen molar-refractivity contribution in [2.75, 3.05) is 0 Å². The fourth-order valence-corrected chi connectivity index (χ4v) is 2.05. The van der Waals surface area contributed by atoms with Crippen LogP contribution in [0.3, 0.4) is 0 Å². The van der Waals surface area contributed by atoms with Crippen molar-refractivity contribution >= 4 is 28.6 Å². The molecule has 0 fully saturated rings. The van der Waals surface area contributed by atoms with Crippen LogP contribution in [0.2, 0.25) is 0 Å². The lowest BCUT2D eigenvalue weighted by molar-refractivity contribution is 0.0696. The fraction of sp³-hybridized carbons (Fsp3) is 0.417. The maximum atomic E-state index is 10.7. The Bertz CT molecular complexity index is 377. The minimum atomic E-state index is -0.911. The first kappa shape index (κ1) is 13.3. The summed E-state index contributed by atoms with van der Waals surface area (Å²) < 4.78 is 6.55. The van der Waals surface area contributed by atoms with Gasteiger partial charge in [0.05, 0.1) is 15.2 Å². The highest BCUT2D eigenvalue weighted by atomic mass is 127. The maximum Gasteiger partial charge on any atom is 0.335 e. The topological polar surface area (TPSA) is 46.5 Å². The lowest BCUT2D eigenvalue weighted by Crippen LogP contribution is -2.12. The minimum absolute atomic E-state index is 0.161. The molecule has 0 radical (unpaired) electrons. The van der Waals surface area contributed by atoms with Crippen molar-refractivity contribution in [3.63, 3.8) is 0 Å². The zero-order valence-electron chi connectivity index (χ0n) is 9.37. The van der Waals surface area contributed by atoms with Gasteiger partial charge in [-0.05, 0) is 54.1 Å². The van der Waals surface area contributed by atoms with Gasteiger partial charge < -0.3 is 9.84 Å². The van der Waals surface area contributed by atoms with Crippen LogP contribution >= 0.6 is 22.6 Å². The van der Waals surface area contributed by atoms with Crippen molar-refractivity contribution < 1.29 is 14.6 Å². The average Bonchev–Trinajstić information content (AvgIpc) is 2.21. The van der Waals surface area contributed by atoms with Gasteiger partial charge in [-0.25, -0.2) is 4.79 Å². The molecule has 0 unspecified atom stereocenters. The Hall–Kier alpha value is -0.780. The van der Waals surface area contributed by atoms with E-state index in [1.54, 1.807) is 18.2 Å². The van der Waals surface area contributed by atoms with Gasteiger partial charge in [0.25, 0.3) is 0 Å². The molecule has 1 aromatic rings. The highest BCUT2D eigenvalue weighted by molar-refractivity contribution is 14.1. The van der Waals surface area contributed by atoms with E-state index in [4.69, 9.17) is 9.84 Å². The van der Waals surface area contributed by atoms with E-state index in [1.807, 2.05) is 6.92 Å². The Labute approximate surface area is 109 Å². The van der Waals surface area contributed by atoms with Gasteiger partial charge in [0.2, 0.25) is 0 Å². The Morgan fingerprint density at radius 1 is 1.56 bits per heavy atom. The summed E-state index contributed by atoms with van der Waals surface area (Å²) in [5.41, 5.74) is 0.292. The molecule has 0 spiro atoms. The summed E-state index contributed by atoms with van der Waals surface area (Å²) in [6, 6.07) is 4.91. The van der Waals surface area contributed by atoms with Crippen LogP contribution in [0.25, 0.3) is 0 Å². The molecule has 0 aliphatic heterocycles. The number of hydrogen-bond acceptors (Lipinski definition) is 2. The van der Waals surface area contributed by atoms with Crippen molar-refractivity contribution in [3.8, 4) is 5.75 Å². The summed E-state index contributed by atoms with van der Waals surface area (Å²) >= 11 is 2.09. The van der Waals surface area contributed by atoms with Gasteiger partial charge in [0.1, 0.15) is 5.75 Å². The Morgan fingerprint density at radius 2 is 2.25 bits per heavy atom. The SMILES string of the molecule is CCC[C@H](C)Oc1ccc(C(=O)O)cc1I. The van der Waals surface area contributed by atoms with E-state index >= 15 is 0 Å². The number of benzene rings is 1. The van der Waals surface area contributed by atoms with E-state index in [2.05, 4.69) is 29.5 Å². The molecular formula is C12H15IO3. The molecule has 3 nitrogen and oxygen atoms in total. The highest BCUT2D eigenvalue weighted by Crippen LogP contribution is 2.24. The van der Waals surface area contributed by atoms with E-state index in [-0.39, 0.29) is 6.10 Å². The minimum Gasteiger partial charge on any atom is -0.490 e. The number of hydrogen-bond donors (Lipinski definition) is 1. The van der Waals surface area contributed by atoms with Crippen LogP contribution in [0.1, 0.15) is 37.0 Å². The summed E-state index contributed by atoms with van der Waals surface area (Å²) in [4.78, 5) is 10.7. The first-order valence-corrected chi connectivity index (χ1v) is 6.32. The van der Waals surface area contributed by atoms with Crippen LogP contribution in [0.15, 0.2) is 18.2 Å². The summed E-state index contributed by atoms with van der Waals surface area (Å²) in [5, 5.41) is 8.82. The predicted octanol–water partition coefficient (Wildman–Crippen LogP) is 3.56. The van der Waals surface area contributed by atoms with Gasteiger partial charge in [-0.1, -0.05) is 13.3 Å². The molecule has 0 saturated heterocycles. The Kier molecular flexibility index (Phi) is 5.05. The van der Waals surface area contributed by atoms with E-state index in [0.29, 0.717) is 5.56 Å². The van der Waals surface area contributed by atoms with Crippen LogP contribution in [-0.4, -0.2) is 17.2 Å². The number of halogens is 1. The molecule has 4 heteroatoms. The van der Waals surface area contributed by atoms with Gasteiger partial charge in [-0.3, -0.25) is 0 Å². The third-order valence-electron chi connectivity index (χ3n) is 2.20. The van der Waals surface area contributed by atoms with Crippen LogP contribution in [0.5, 0.6) is 5.75 Å². The Balaban J connectivity index is 2.79. The predicted molar refractivity (Wildman–Crippen MR) is 71.1 cm³/mol. The van der Waals surface area contributed by atoms with E-state index in [1.165, 1.54) is 0 Å². The monoisotopic (exact) mass is 334 g/mol. The maximum absolute atomic E-state index is 10.7. The molecule has 16 heavy (non-hydrogen) atoms. The van der Waals surface area contributed by atoms with Crippen molar-refractivity contribution in [1.82, 2.24) is 0 Å². The van der Waals surface area contributed by atoms with E-state index in [9.17, 15) is 4.79 Å². The van der Waals surface area contributed by atoms with Crippen molar-refractivity contribution in [2.45, 2.75) is 32.8 Å². The van der Waals surface area contributed by atoms with E-state index < -0.39 is 5.97 Å². The molecule has 0 aromatic heterocycles. The zero-order valence-corrected chi connectivity index (χ0v) is 11.5. The number of aromatic carboxylic acids is 1. The van der Waals surface area contributed by atoms with Gasteiger partial charge in [-0.2, -0.15) is 0 Å². The molecule has 0 heterocycles. The van der Waals surface area contributed by atoms with Crippen molar-refractivity contribution in [2.24, 2.45) is 0 Å². The Morgan fingerprint density at radius 3 is 2.75 bits per heavy atom. The molecule has 1 N–H and O–H groups in total. The average molecular weight is 334 g/mol. The van der Waals surface area contributed by atoms with Gasteiger partial charge in [-0.15, -0.1) is 0 Å². The van der Waals surface area contributed by atoms with Gasteiger partial charge in [0.15, 0.2) is 0 Å². The van der Waals surface area contributed by atoms with Crippen LogP contribution in [0.4, 0.5) is 0 Å². The molecule has 0 aliphatic carbocycles. The number of rotatable bonds is 5. The smallest absolute Gasteiger partial charge is 0.335 e. The second kappa shape index (κ2) is 6.08. The molecule has 0 aliphatic rings. The molecule has 1 atom stereocenters. The van der Waals surface area contributed by atoms with Crippen LogP contribution < -0.4 is 4.74 Å². The second-order valence-corrected chi connectivity index (χ2v) is 4.83. The standard InChI is InChI=1S/C12H15IO3/c1-3-4-8(2)16-11-6-5-9(12(14)15)7-10(11)13/h5-8H,3-4H2,1-2H3,(H,14,15)/t8-/m0/s1. The fourth-order valence-electron chi connectivity index (χ4n) is 1.41. The van der Waals surface area contributed by atoms with Crippen LogP contribution in [-0.2, 0) is 0 Å². The molecule has 1 rings (SSSR count). The third-order valence-corrected chi connectivity index (χ3v) is 3.05. The molecule has 0 amide bonds. The number of carbonyl (C=O) groups is 1. The number of carboxylic acids is 1. The number of carboxylic acid groups (broad SMARTS) is 1. The largest absolute Gasteiger partial charge is 0.490 e. The van der Waals surface area contributed by atoms with Crippen LogP contribution in [0, 0.1) is 3.57 Å². The summed E-state index contributed by atoms with van der Waals surface area (Å²) in [5.74, 6) is -0.155.